The minimum absolute atomic E-state index is 0. The van der Waals surface area contributed by atoms with Crippen LogP contribution >= 0.6 is 24.0 Å². The normalized spacial score (nSPS) is 19.5. The van der Waals surface area contributed by atoms with Crippen LogP contribution in [-0.2, 0) is 4.74 Å². The maximum atomic E-state index is 11.8. The molecule has 0 bridgehead atoms. The SMILES string of the molecule is CC(C)(C)OC(=O)NC(CNC1=NCCCN1)C1CC1.I. The molecule has 1 unspecified atom stereocenters. The molecule has 1 atom stereocenters. The largest absolute Gasteiger partial charge is 0.444 e. The number of nitrogens with zero attached hydrogens (tertiary/aromatic N) is 1. The van der Waals surface area contributed by atoms with Gasteiger partial charge in [0.1, 0.15) is 5.60 Å². The molecule has 2 rings (SSSR count). The zero-order valence-corrected chi connectivity index (χ0v) is 15.4. The summed E-state index contributed by atoms with van der Waals surface area (Å²) >= 11 is 0. The molecule has 1 fully saturated rings. The first-order valence-electron chi connectivity index (χ1n) is 7.46. The van der Waals surface area contributed by atoms with Crippen molar-refractivity contribution >= 4 is 36.0 Å². The van der Waals surface area contributed by atoms with E-state index >= 15 is 0 Å². The monoisotopic (exact) mass is 410 g/mol. The highest BCUT2D eigenvalue weighted by Crippen LogP contribution is 2.32. The second kappa shape index (κ2) is 8.05. The average molecular weight is 410 g/mol. The minimum atomic E-state index is -0.458. The van der Waals surface area contributed by atoms with Gasteiger partial charge in [0.2, 0.25) is 0 Å². The number of ether oxygens (including phenoxy) is 1. The lowest BCUT2D eigenvalue weighted by Gasteiger charge is -2.25. The van der Waals surface area contributed by atoms with Crippen LogP contribution < -0.4 is 16.0 Å². The van der Waals surface area contributed by atoms with Gasteiger partial charge in [0.05, 0.1) is 6.04 Å². The molecule has 6 nitrogen and oxygen atoms in total. The van der Waals surface area contributed by atoms with Gasteiger partial charge < -0.3 is 20.7 Å². The number of amides is 1. The van der Waals surface area contributed by atoms with Gasteiger partial charge >= 0.3 is 6.09 Å². The fourth-order valence-electron chi connectivity index (χ4n) is 2.15. The number of carbonyl (C=O) groups is 1. The number of guanidine groups is 1. The Balaban J connectivity index is 0.00000220. The van der Waals surface area contributed by atoms with Gasteiger partial charge in [-0.05, 0) is 46.0 Å². The lowest BCUT2D eigenvalue weighted by atomic mass is 10.2. The molecule has 0 aromatic carbocycles. The average Bonchev–Trinajstić information content (AvgIpc) is 3.17. The molecule has 0 spiro atoms. The fraction of sp³-hybridized carbons (Fsp3) is 0.857. The zero-order chi connectivity index (χ0) is 14.6. The van der Waals surface area contributed by atoms with E-state index in [-0.39, 0.29) is 36.1 Å². The molecular weight excluding hydrogens is 383 g/mol. The van der Waals surface area contributed by atoms with Gasteiger partial charge in [-0.25, -0.2) is 4.79 Å². The lowest BCUT2D eigenvalue weighted by Crippen LogP contribution is -2.50. The molecular formula is C14H27IN4O2. The van der Waals surface area contributed by atoms with Crippen molar-refractivity contribution in [2.45, 2.75) is 51.7 Å². The fourth-order valence-corrected chi connectivity index (χ4v) is 2.15. The van der Waals surface area contributed by atoms with Crippen LogP contribution in [0.4, 0.5) is 4.79 Å². The van der Waals surface area contributed by atoms with Crippen LogP contribution in [0.25, 0.3) is 0 Å². The van der Waals surface area contributed by atoms with E-state index in [0.29, 0.717) is 12.5 Å². The van der Waals surface area contributed by atoms with Crippen molar-refractivity contribution < 1.29 is 9.53 Å². The van der Waals surface area contributed by atoms with E-state index < -0.39 is 5.60 Å². The summed E-state index contributed by atoms with van der Waals surface area (Å²) in [5, 5.41) is 9.47. The molecule has 1 heterocycles. The molecule has 1 aliphatic carbocycles. The maximum Gasteiger partial charge on any atom is 0.407 e. The Morgan fingerprint density at radius 2 is 2.19 bits per heavy atom. The smallest absolute Gasteiger partial charge is 0.407 e. The van der Waals surface area contributed by atoms with E-state index in [9.17, 15) is 4.79 Å². The topological polar surface area (TPSA) is 74.8 Å². The molecule has 2 aliphatic rings. The Kier molecular flexibility index (Phi) is 7.02. The summed E-state index contributed by atoms with van der Waals surface area (Å²) in [4.78, 5) is 16.2. The van der Waals surface area contributed by atoms with Gasteiger partial charge in [-0.1, -0.05) is 0 Å². The van der Waals surface area contributed by atoms with Crippen LogP contribution in [0.5, 0.6) is 0 Å². The number of hydrogen-bond acceptors (Lipinski definition) is 5. The second-order valence-corrected chi connectivity index (χ2v) is 6.48. The van der Waals surface area contributed by atoms with Gasteiger partial charge in [0.15, 0.2) is 5.96 Å². The number of nitrogens with one attached hydrogen (secondary N) is 3. The highest BCUT2D eigenvalue weighted by Gasteiger charge is 2.33. The number of rotatable bonds is 4. The van der Waals surface area contributed by atoms with E-state index in [4.69, 9.17) is 4.74 Å². The van der Waals surface area contributed by atoms with Crippen LogP contribution in [0.3, 0.4) is 0 Å². The van der Waals surface area contributed by atoms with Crippen molar-refractivity contribution in [2.24, 2.45) is 10.9 Å². The Hall–Kier alpha value is -0.730. The van der Waals surface area contributed by atoms with Crippen LogP contribution in [0.15, 0.2) is 4.99 Å². The summed E-state index contributed by atoms with van der Waals surface area (Å²) < 4.78 is 5.31. The zero-order valence-electron chi connectivity index (χ0n) is 13.1. The number of aliphatic imine (C=N–C) groups is 1. The molecule has 3 N–H and O–H groups in total. The molecule has 1 aliphatic heterocycles. The number of carbonyl (C=O) groups excluding carboxylic acids is 1. The van der Waals surface area contributed by atoms with Crippen molar-refractivity contribution in [1.29, 1.82) is 0 Å². The lowest BCUT2D eigenvalue weighted by molar-refractivity contribution is 0.0498. The third-order valence-corrected chi connectivity index (χ3v) is 3.28. The Labute approximate surface area is 143 Å². The highest BCUT2D eigenvalue weighted by molar-refractivity contribution is 14.0. The summed E-state index contributed by atoms with van der Waals surface area (Å²) in [6.45, 7) is 8.13. The van der Waals surface area contributed by atoms with Gasteiger partial charge in [-0.3, -0.25) is 4.99 Å². The summed E-state index contributed by atoms with van der Waals surface area (Å²) in [5.74, 6) is 1.40. The predicted octanol–water partition coefficient (Wildman–Crippen LogP) is 1.85. The summed E-state index contributed by atoms with van der Waals surface area (Å²) in [5.41, 5.74) is -0.458. The van der Waals surface area contributed by atoms with Crippen LogP contribution in [0, 0.1) is 5.92 Å². The van der Waals surface area contributed by atoms with Crippen molar-refractivity contribution in [1.82, 2.24) is 16.0 Å². The van der Waals surface area contributed by atoms with Crippen molar-refractivity contribution in [3.8, 4) is 0 Å². The van der Waals surface area contributed by atoms with Gasteiger partial charge in [-0.15, -0.1) is 24.0 Å². The number of hydrogen-bond donors (Lipinski definition) is 3. The minimum Gasteiger partial charge on any atom is -0.444 e. The molecule has 1 amide bonds. The van der Waals surface area contributed by atoms with E-state index in [1.807, 2.05) is 20.8 Å². The first kappa shape index (κ1) is 18.3. The van der Waals surface area contributed by atoms with Crippen molar-refractivity contribution in [3.05, 3.63) is 0 Å². The predicted molar refractivity (Wildman–Crippen MR) is 94.2 cm³/mol. The maximum absolute atomic E-state index is 11.8. The van der Waals surface area contributed by atoms with E-state index in [1.54, 1.807) is 0 Å². The van der Waals surface area contributed by atoms with E-state index in [1.165, 1.54) is 12.8 Å². The first-order valence-corrected chi connectivity index (χ1v) is 7.46. The molecule has 0 aromatic rings. The summed E-state index contributed by atoms with van der Waals surface area (Å²) in [6, 6.07) is 0.108. The van der Waals surface area contributed by atoms with Crippen LogP contribution in [-0.4, -0.2) is 43.3 Å². The molecule has 122 valence electrons. The number of alkyl carbamates (subject to hydrolysis) is 1. The highest BCUT2D eigenvalue weighted by atomic mass is 127. The van der Waals surface area contributed by atoms with Gasteiger partial charge in [0.25, 0.3) is 0 Å². The Bertz CT molecular complexity index is 378. The standard InChI is InChI=1S/C14H26N4O2.HI/c1-14(2,3)20-13(19)18-11(10-5-6-10)9-17-12-15-7-4-8-16-12;/h10-11H,4-9H2,1-3H3,(H,18,19)(H2,15,16,17);1H. The Morgan fingerprint density at radius 3 is 2.71 bits per heavy atom. The molecule has 7 heteroatoms. The second-order valence-electron chi connectivity index (χ2n) is 6.48. The molecule has 0 aromatic heterocycles. The molecule has 21 heavy (non-hydrogen) atoms. The van der Waals surface area contributed by atoms with E-state index in [2.05, 4.69) is 20.9 Å². The Morgan fingerprint density at radius 1 is 1.48 bits per heavy atom. The van der Waals surface area contributed by atoms with Gasteiger partial charge in [0, 0.05) is 19.6 Å². The first-order chi connectivity index (χ1) is 9.44. The van der Waals surface area contributed by atoms with Crippen LogP contribution in [0.2, 0.25) is 0 Å². The quantitative estimate of drug-likeness (QED) is 0.619. The van der Waals surface area contributed by atoms with E-state index in [0.717, 1.165) is 25.5 Å². The van der Waals surface area contributed by atoms with Gasteiger partial charge in [-0.2, -0.15) is 0 Å². The molecule has 0 saturated heterocycles. The summed E-state index contributed by atoms with van der Waals surface area (Å²) in [6.07, 6.45) is 3.08. The van der Waals surface area contributed by atoms with Crippen LogP contribution in [0.1, 0.15) is 40.0 Å². The third-order valence-electron chi connectivity index (χ3n) is 3.28. The number of halogens is 1. The van der Waals surface area contributed by atoms with Crippen molar-refractivity contribution in [3.63, 3.8) is 0 Å². The molecule has 1 saturated carbocycles. The summed E-state index contributed by atoms with van der Waals surface area (Å²) in [7, 11) is 0. The third kappa shape index (κ3) is 7.19. The molecule has 0 radical (unpaired) electrons. The van der Waals surface area contributed by atoms with Crippen molar-refractivity contribution in [2.75, 3.05) is 19.6 Å².